The zero-order chi connectivity index (χ0) is 14.8. The third-order valence-corrected chi connectivity index (χ3v) is 2.60. The van der Waals surface area contributed by atoms with Crippen LogP contribution in [0.25, 0.3) is 0 Å². The molecule has 0 saturated heterocycles. The molecule has 0 aromatic carbocycles. The van der Waals surface area contributed by atoms with Crippen LogP contribution in [0, 0.1) is 5.92 Å². The minimum Gasteiger partial charge on any atom is -0.480 e. The monoisotopic (exact) mass is 274 g/mol. The maximum Gasteiger partial charge on any atom is 0.329 e. The van der Waals surface area contributed by atoms with Crippen LogP contribution in [0.1, 0.15) is 27.2 Å². The molecule has 3 amide bonds. The number of imide groups is 1. The van der Waals surface area contributed by atoms with Gasteiger partial charge in [-0.05, 0) is 12.8 Å². The van der Waals surface area contributed by atoms with Gasteiger partial charge in [-0.2, -0.15) is 0 Å². The van der Waals surface area contributed by atoms with Crippen LogP contribution in [-0.2, 0) is 14.3 Å². The normalized spacial score (nSPS) is 11.7. The van der Waals surface area contributed by atoms with Crippen molar-refractivity contribution in [2.24, 2.45) is 5.92 Å². The Hall–Kier alpha value is -1.63. The summed E-state index contributed by atoms with van der Waals surface area (Å²) in [4.78, 5) is 34.8. The first-order valence-corrected chi connectivity index (χ1v) is 6.28. The molecule has 0 aliphatic carbocycles. The number of hydrogen-bond donors (Lipinski definition) is 2. The van der Waals surface area contributed by atoms with Crippen LogP contribution < -0.4 is 5.32 Å². The number of rotatable bonds is 8. The molecule has 1 unspecified atom stereocenters. The van der Waals surface area contributed by atoms with Gasteiger partial charge in [0.2, 0.25) is 0 Å². The lowest BCUT2D eigenvalue weighted by Gasteiger charge is -2.23. The number of carboxylic acid groups (broad SMARTS) is 1. The molecular weight excluding hydrogens is 252 g/mol. The van der Waals surface area contributed by atoms with E-state index in [1.165, 1.54) is 4.90 Å². The summed E-state index contributed by atoms with van der Waals surface area (Å²) in [5, 5.41) is 10.5. The Bertz CT molecular complexity index is 319. The molecule has 0 aromatic rings. The summed E-state index contributed by atoms with van der Waals surface area (Å²) < 4.78 is 4.59. The van der Waals surface area contributed by atoms with Gasteiger partial charge < -0.3 is 14.7 Å². The van der Waals surface area contributed by atoms with Crippen LogP contribution in [0.3, 0.4) is 0 Å². The Morgan fingerprint density at radius 1 is 1.26 bits per heavy atom. The van der Waals surface area contributed by atoms with Crippen molar-refractivity contribution in [3.8, 4) is 0 Å². The zero-order valence-electron chi connectivity index (χ0n) is 11.6. The van der Waals surface area contributed by atoms with E-state index < -0.39 is 31.1 Å². The van der Waals surface area contributed by atoms with Crippen LogP contribution in [0.15, 0.2) is 0 Å². The van der Waals surface area contributed by atoms with Crippen molar-refractivity contribution in [1.82, 2.24) is 10.2 Å². The van der Waals surface area contributed by atoms with Crippen LogP contribution in [-0.4, -0.2) is 54.2 Å². The second-order valence-corrected chi connectivity index (χ2v) is 4.29. The number of aliphatic carboxylic acids is 1. The number of nitrogens with one attached hydrogen (secondary N) is 1. The number of urea groups is 1. The Morgan fingerprint density at radius 2 is 1.89 bits per heavy atom. The molecule has 0 heterocycles. The summed E-state index contributed by atoms with van der Waals surface area (Å²) >= 11 is 0. The van der Waals surface area contributed by atoms with E-state index >= 15 is 0 Å². The van der Waals surface area contributed by atoms with Crippen LogP contribution in [0.5, 0.6) is 0 Å². The van der Waals surface area contributed by atoms with Crippen molar-refractivity contribution in [1.29, 1.82) is 0 Å². The number of carbonyl (C=O) groups excluding carboxylic acids is 2. The minimum absolute atomic E-state index is 0.351. The molecule has 0 fully saturated rings. The van der Waals surface area contributed by atoms with E-state index in [9.17, 15) is 14.4 Å². The van der Waals surface area contributed by atoms with E-state index in [0.29, 0.717) is 19.0 Å². The molecule has 2 N–H and O–H groups in total. The number of ether oxygens (including phenoxy) is 1. The van der Waals surface area contributed by atoms with Gasteiger partial charge in [-0.15, -0.1) is 0 Å². The second-order valence-electron chi connectivity index (χ2n) is 4.29. The molecule has 0 spiro atoms. The van der Waals surface area contributed by atoms with Crippen molar-refractivity contribution in [3.63, 3.8) is 0 Å². The first kappa shape index (κ1) is 17.4. The molecule has 0 saturated carbocycles. The molecule has 0 aromatic heterocycles. The van der Waals surface area contributed by atoms with Gasteiger partial charge in [-0.1, -0.05) is 20.3 Å². The van der Waals surface area contributed by atoms with Gasteiger partial charge in [0.05, 0.1) is 0 Å². The molecular formula is C12H22N2O5. The number of nitrogens with zero attached hydrogens (tertiary/aromatic N) is 1. The van der Waals surface area contributed by atoms with Gasteiger partial charge in [-0.3, -0.25) is 10.1 Å². The van der Waals surface area contributed by atoms with Gasteiger partial charge in [0.1, 0.15) is 13.2 Å². The SMILES string of the molecule is CCC(C)CN(CC)C(=O)NC(=O)COCC(=O)O. The first-order valence-electron chi connectivity index (χ1n) is 6.28. The lowest BCUT2D eigenvalue weighted by molar-refractivity contribution is -0.143. The Kier molecular flexibility index (Phi) is 8.52. The topological polar surface area (TPSA) is 95.9 Å². The van der Waals surface area contributed by atoms with Crippen molar-refractivity contribution in [2.75, 3.05) is 26.3 Å². The van der Waals surface area contributed by atoms with E-state index in [2.05, 4.69) is 10.1 Å². The highest BCUT2D eigenvalue weighted by Gasteiger charge is 2.16. The fourth-order valence-electron chi connectivity index (χ4n) is 1.33. The van der Waals surface area contributed by atoms with Gasteiger partial charge in [0.15, 0.2) is 0 Å². The molecule has 7 heteroatoms. The Morgan fingerprint density at radius 3 is 2.37 bits per heavy atom. The van der Waals surface area contributed by atoms with E-state index in [4.69, 9.17) is 5.11 Å². The molecule has 19 heavy (non-hydrogen) atoms. The lowest BCUT2D eigenvalue weighted by Crippen LogP contribution is -2.45. The Balaban J connectivity index is 4.10. The average molecular weight is 274 g/mol. The third kappa shape index (κ3) is 8.15. The van der Waals surface area contributed by atoms with E-state index in [0.717, 1.165) is 6.42 Å². The molecule has 0 aliphatic rings. The van der Waals surface area contributed by atoms with Gasteiger partial charge in [-0.25, -0.2) is 9.59 Å². The first-order chi connectivity index (χ1) is 8.90. The highest BCUT2D eigenvalue weighted by atomic mass is 16.5. The van der Waals surface area contributed by atoms with E-state index in [1.54, 1.807) is 0 Å². The summed E-state index contributed by atoms with van der Waals surface area (Å²) in [7, 11) is 0. The van der Waals surface area contributed by atoms with Gasteiger partial charge >= 0.3 is 12.0 Å². The molecule has 0 rings (SSSR count). The second kappa shape index (κ2) is 9.32. The van der Waals surface area contributed by atoms with Gasteiger partial charge in [0.25, 0.3) is 5.91 Å². The zero-order valence-corrected chi connectivity index (χ0v) is 11.6. The Labute approximate surface area is 112 Å². The summed E-state index contributed by atoms with van der Waals surface area (Å²) in [5.41, 5.74) is 0. The van der Waals surface area contributed by atoms with Crippen molar-refractivity contribution in [3.05, 3.63) is 0 Å². The summed E-state index contributed by atoms with van der Waals surface area (Å²) in [5.74, 6) is -1.45. The number of amides is 3. The average Bonchev–Trinajstić information content (AvgIpc) is 2.34. The standard InChI is InChI=1S/C12H22N2O5/c1-4-9(3)6-14(5-2)12(18)13-10(15)7-19-8-11(16)17/h9H,4-8H2,1-3H3,(H,16,17)(H,13,15,18). The predicted octanol–water partition coefficient (Wildman–Crippen LogP) is 0.692. The van der Waals surface area contributed by atoms with E-state index in [-0.39, 0.29) is 0 Å². The maximum atomic E-state index is 11.8. The quantitative estimate of drug-likeness (QED) is 0.679. The summed E-state index contributed by atoms with van der Waals surface area (Å²) in [6.45, 7) is 5.94. The number of carboxylic acids is 1. The smallest absolute Gasteiger partial charge is 0.329 e. The summed E-state index contributed by atoms with van der Waals surface area (Å²) in [6, 6.07) is -0.480. The molecule has 7 nitrogen and oxygen atoms in total. The fourth-order valence-corrected chi connectivity index (χ4v) is 1.33. The highest BCUT2D eigenvalue weighted by molar-refractivity contribution is 5.95. The van der Waals surface area contributed by atoms with Crippen molar-refractivity contribution in [2.45, 2.75) is 27.2 Å². The van der Waals surface area contributed by atoms with Crippen LogP contribution in [0.4, 0.5) is 4.79 Å². The minimum atomic E-state index is -1.16. The molecule has 0 radical (unpaired) electrons. The molecule has 110 valence electrons. The van der Waals surface area contributed by atoms with Crippen molar-refractivity contribution < 1.29 is 24.2 Å². The maximum absolute atomic E-state index is 11.8. The lowest BCUT2D eigenvalue weighted by atomic mass is 10.1. The molecule has 1 atom stereocenters. The number of carbonyl (C=O) groups is 3. The molecule has 0 aliphatic heterocycles. The van der Waals surface area contributed by atoms with Crippen LogP contribution >= 0.6 is 0 Å². The summed E-state index contributed by atoms with van der Waals surface area (Å²) in [6.07, 6.45) is 0.944. The van der Waals surface area contributed by atoms with Gasteiger partial charge in [0, 0.05) is 13.1 Å². The fraction of sp³-hybridized carbons (Fsp3) is 0.750. The van der Waals surface area contributed by atoms with E-state index in [1.807, 2.05) is 20.8 Å². The molecule has 0 bridgehead atoms. The predicted molar refractivity (Wildman–Crippen MR) is 68.7 cm³/mol. The largest absolute Gasteiger partial charge is 0.480 e. The third-order valence-electron chi connectivity index (χ3n) is 2.60. The van der Waals surface area contributed by atoms with Crippen LogP contribution in [0.2, 0.25) is 0 Å². The van der Waals surface area contributed by atoms with Crippen molar-refractivity contribution >= 4 is 17.9 Å². The number of hydrogen-bond acceptors (Lipinski definition) is 4. The highest BCUT2D eigenvalue weighted by Crippen LogP contribution is 2.04.